The molecule has 0 aliphatic heterocycles. The highest BCUT2D eigenvalue weighted by atomic mass is 79.9. The number of oxime groups is 1. The molecule has 0 aliphatic carbocycles. The van der Waals surface area contributed by atoms with Gasteiger partial charge in [0.25, 0.3) is 10.2 Å². The van der Waals surface area contributed by atoms with Crippen molar-refractivity contribution in [1.29, 1.82) is 0 Å². The smallest absolute Gasteiger partial charge is 0.279 e. The first-order valence-electron chi connectivity index (χ1n) is 9.05. The van der Waals surface area contributed by atoms with Crippen LogP contribution >= 0.6 is 15.9 Å². The molecular formula is C16H22BrF2N7O4S. The zero-order chi connectivity index (χ0) is 23.0. The lowest BCUT2D eigenvalue weighted by molar-refractivity contribution is 0.269. The SMILES string of the molecule is CCCN(C[C@@H](F)CNc1nonc1/C(=N/O)Nc1ccc(F)c(Br)c1)S(=O)(=O)NC. The number of halogens is 3. The van der Waals surface area contributed by atoms with Crippen molar-refractivity contribution in [1.82, 2.24) is 19.3 Å². The van der Waals surface area contributed by atoms with Gasteiger partial charge in [-0.25, -0.2) is 18.1 Å². The van der Waals surface area contributed by atoms with E-state index in [2.05, 4.69) is 51.4 Å². The summed E-state index contributed by atoms with van der Waals surface area (Å²) >= 11 is 3.04. The second kappa shape index (κ2) is 11.3. The summed E-state index contributed by atoms with van der Waals surface area (Å²) in [6.45, 7) is 1.23. The maximum Gasteiger partial charge on any atom is 0.279 e. The quantitative estimate of drug-likeness (QED) is 0.151. The van der Waals surface area contributed by atoms with E-state index in [1.54, 1.807) is 6.92 Å². The highest BCUT2D eigenvalue weighted by Crippen LogP contribution is 2.21. The summed E-state index contributed by atoms with van der Waals surface area (Å²) in [6.07, 6.45) is -1.07. The van der Waals surface area contributed by atoms with Crippen molar-refractivity contribution in [3.05, 3.63) is 34.2 Å². The van der Waals surface area contributed by atoms with Crippen LogP contribution in [-0.2, 0) is 10.2 Å². The number of rotatable bonds is 11. The van der Waals surface area contributed by atoms with E-state index in [-0.39, 0.29) is 41.5 Å². The van der Waals surface area contributed by atoms with Gasteiger partial charge in [0.15, 0.2) is 5.69 Å². The summed E-state index contributed by atoms with van der Waals surface area (Å²) in [7, 11) is -2.53. The lowest BCUT2D eigenvalue weighted by Gasteiger charge is -2.22. The van der Waals surface area contributed by atoms with Gasteiger partial charge in [-0.2, -0.15) is 12.7 Å². The van der Waals surface area contributed by atoms with Gasteiger partial charge >= 0.3 is 0 Å². The van der Waals surface area contributed by atoms with E-state index in [1.165, 1.54) is 25.2 Å². The molecule has 1 heterocycles. The number of benzene rings is 1. The molecule has 1 atom stereocenters. The molecule has 0 saturated carbocycles. The zero-order valence-electron chi connectivity index (χ0n) is 16.6. The molecule has 0 saturated heterocycles. The summed E-state index contributed by atoms with van der Waals surface area (Å²) < 4.78 is 59.8. The second-order valence-electron chi connectivity index (χ2n) is 6.21. The molecule has 2 rings (SSSR count). The summed E-state index contributed by atoms with van der Waals surface area (Å²) in [5, 5.41) is 25.0. The van der Waals surface area contributed by atoms with Crippen molar-refractivity contribution in [2.45, 2.75) is 19.5 Å². The number of hydrogen-bond acceptors (Lipinski definition) is 8. The Morgan fingerprint density at radius 3 is 2.77 bits per heavy atom. The van der Waals surface area contributed by atoms with Crippen molar-refractivity contribution in [2.75, 3.05) is 37.3 Å². The summed E-state index contributed by atoms with van der Waals surface area (Å²) in [4.78, 5) is 0. The Labute approximate surface area is 186 Å². The summed E-state index contributed by atoms with van der Waals surface area (Å²) in [6, 6.07) is 3.99. The third-order valence-corrected chi connectivity index (χ3v) is 6.09. The second-order valence-corrected chi connectivity index (χ2v) is 8.94. The number of anilines is 2. The van der Waals surface area contributed by atoms with E-state index in [1.807, 2.05) is 0 Å². The standard InChI is InChI=1S/C16H22BrF2N7O4S/c1-3-6-26(31(28,29)20-2)9-10(18)8-21-15-14(24-30-25-15)16(23-27)22-11-4-5-13(19)12(17)7-11/h4-5,7,10,20,27H,3,6,8-9H2,1-2H3,(H,21,25)(H,22,23)/t10-/m0/s1. The average Bonchev–Trinajstić information content (AvgIpc) is 3.21. The Balaban J connectivity index is 2.06. The van der Waals surface area contributed by atoms with Crippen LogP contribution in [0.4, 0.5) is 20.3 Å². The van der Waals surface area contributed by atoms with Gasteiger partial charge in [-0.1, -0.05) is 12.1 Å². The van der Waals surface area contributed by atoms with Gasteiger partial charge < -0.3 is 15.8 Å². The molecule has 0 amide bonds. The molecule has 15 heteroatoms. The third kappa shape index (κ3) is 6.81. The number of hydrogen-bond donors (Lipinski definition) is 4. The maximum atomic E-state index is 14.5. The van der Waals surface area contributed by atoms with E-state index >= 15 is 0 Å². The van der Waals surface area contributed by atoms with Gasteiger partial charge in [0, 0.05) is 32.4 Å². The molecule has 31 heavy (non-hydrogen) atoms. The third-order valence-electron chi connectivity index (χ3n) is 3.96. The fourth-order valence-corrected chi connectivity index (χ4v) is 3.90. The van der Waals surface area contributed by atoms with Crippen LogP contribution in [0, 0.1) is 5.82 Å². The minimum Gasteiger partial charge on any atom is -0.409 e. The molecule has 1 aromatic heterocycles. The van der Waals surface area contributed by atoms with E-state index in [4.69, 9.17) is 0 Å². The molecule has 172 valence electrons. The zero-order valence-corrected chi connectivity index (χ0v) is 19.0. The molecule has 0 bridgehead atoms. The fraction of sp³-hybridized carbons (Fsp3) is 0.438. The van der Waals surface area contributed by atoms with Crippen molar-refractivity contribution in [3.8, 4) is 0 Å². The van der Waals surface area contributed by atoms with E-state index in [9.17, 15) is 22.4 Å². The van der Waals surface area contributed by atoms with Crippen LogP contribution in [-0.4, -0.2) is 66.9 Å². The molecule has 11 nitrogen and oxygen atoms in total. The van der Waals surface area contributed by atoms with Gasteiger partial charge in [0.1, 0.15) is 12.0 Å². The Hall–Kier alpha value is -2.36. The van der Waals surface area contributed by atoms with Crippen LogP contribution in [0.25, 0.3) is 0 Å². The monoisotopic (exact) mass is 525 g/mol. The van der Waals surface area contributed by atoms with Gasteiger partial charge in [-0.15, -0.1) is 0 Å². The van der Waals surface area contributed by atoms with E-state index < -0.39 is 22.2 Å². The molecule has 0 fully saturated rings. The first-order chi connectivity index (χ1) is 14.7. The van der Waals surface area contributed by atoms with Crippen molar-refractivity contribution >= 4 is 43.5 Å². The fourth-order valence-electron chi connectivity index (χ4n) is 2.48. The largest absolute Gasteiger partial charge is 0.409 e. The Kier molecular flexibility index (Phi) is 9.09. The Morgan fingerprint density at radius 2 is 2.16 bits per heavy atom. The van der Waals surface area contributed by atoms with Crippen LogP contribution in [0.15, 0.2) is 32.5 Å². The lowest BCUT2D eigenvalue weighted by atomic mass is 10.3. The van der Waals surface area contributed by atoms with Gasteiger partial charge in [-0.3, -0.25) is 0 Å². The number of amidine groups is 1. The predicted molar refractivity (Wildman–Crippen MR) is 114 cm³/mol. The minimum absolute atomic E-state index is 0.0392. The summed E-state index contributed by atoms with van der Waals surface area (Å²) in [5.74, 6) is -0.712. The van der Waals surface area contributed by atoms with Crippen molar-refractivity contribution in [2.24, 2.45) is 5.16 Å². The molecule has 2 aromatic rings. The molecule has 0 radical (unpaired) electrons. The van der Waals surface area contributed by atoms with Crippen LogP contribution in [0.5, 0.6) is 0 Å². The van der Waals surface area contributed by atoms with E-state index in [0.717, 1.165) is 4.31 Å². The normalized spacial score (nSPS) is 13.4. The first-order valence-corrected chi connectivity index (χ1v) is 11.3. The molecule has 1 aromatic carbocycles. The molecule has 0 unspecified atom stereocenters. The summed E-state index contributed by atoms with van der Waals surface area (Å²) in [5.41, 5.74) is 0.300. The lowest BCUT2D eigenvalue weighted by Crippen LogP contribution is -2.43. The van der Waals surface area contributed by atoms with Crippen LogP contribution in [0.1, 0.15) is 19.0 Å². The highest BCUT2D eigenvalue weighted by molar-refractivity contribution is 9.10. The van der Waals surface area contributed by atoms with Gasteiger partial charge in [0.05, 0.1) is 4.47 Å². The molecular weight excluding hydrogens is 504 g/mol. The van der Waals surface area contributed by atoms with Gasteiger partial charge in [-0.05, 0) is 50.9 Å². The highest BCUT2D eigenvalue weighted by Gasteiger charge is 2.24. The number of nitrogens with one attached hydrogen (secondary N) is 3. The molecule has 0 spiro atoms. The minimum atomic E-state index is -3.78. The topological polar surface area (TPSA) is 145 Å². The number of nitrogens with zero attached hydrogens (tertiary/aromatic N) is 4. The van der Waals surface area contributed by atoms with Gasteiger partial charge in [0.2, 0.25) is 11.7 Å². The number of alkyl halides is 1. The van der Waals surface area contributed by atoms with Crippen molar-refractivity contribution < 1.29 is 27.0 Å². The molecule has 4 N–H and O–H groups in total. The maximum absolute atomic E-state index is 14.5. The predicted octanol–water partition coefficient (Wildman–Crippen LogP) is 2.15. The molecule has 0 aliphatic rings. The van der Waals surface area contributed by atoms with Crippen LogP contribution in [0.2, 0.25) is 0 Å². The number of aromatic nitrogens is 2. The Morgan fingerprint density at radius 1 is 1.42 bits per heavy atom. The van der Waals surface area contributed by atoms with Crippen molar-refractivity contribution in [3.63, 3.8) is 0 Å². The average molecular weight is 526 g/mol. The van der Waals surface area contributed by atoms with E-state index in [0.29, 0.717) is 12.1 Å². The van der Waals surface area contributed by atoms with Crippen LogP contribution in [0.3, 0.4) is 0 Å². The Bertz CT molecular complexity index is 1010. The van der Waals surface area contributed by atoms with Crippen LogP contribution < -0.4 is 15.4 Å². The first kappa shape index (κ1) is 24.9.